The number of hydrogen-bond donors (Lipinski definition) is 1. The zero-order valence-electron chi connectivity index (χ0n) is 13.8. The van der Waals surface area contributed by atoms with E-state index in [9.17, 15) is 9.90 Å². The number of rotatable bonds is 3. The third-order valence-electron chi connectivity index (χ3n) is 16.6. The van der Waals surface area contributed by atoms with Gasteiger partial charge in [0.15, 0.2) is 0 Å². The quantitative estimate of drug-likeness (QED) is 0.642. The first-order chi connectivity index (χ1) is 11.9. The van der Waals surface area contributed by atoms with Crippen LogP contribution in [0.3, 0.4) is 0 Å². The van der Waals surface area contributed by atoms with Crippen molar-refractivity contribution < 1.29 is 21.1 Å². The summed E-state index contributed by atoms with van der Waals surface area (Å²) < 4.78 is 6.72. The van der Waals surface area contributed by atoms with Crippen molar-refractivity contribution in [3.05, 3.63) is 29.8 Å². The molecule has 1 spiro atoms. The summed E-state index contributed by atoms with van der Waals surface area (Å²) >= 11 is 0. The van der Waals surface area contributed by atoms with Gasteiger partial charge in [0.05, 0.1) is 0 Å². The van der Waals surface area contributed by atoms with Gasteiger partial charge >= 0.3 is 135 Å². The van der Waals surface area contributed by atoms with Gasteiger partial charge in [-0.3, -0.25) is 0 Å². The van der Waals surface area contributed by atoms with E-state index < -0.39 is 6.51 Å². The maximum atomic E-state index is 13.7. The minimum absolute atomic E-state index is 0.0422. The van der Waals surface area contributed by atoms with Crippen molar-refractivity contribution in [1.29, 1.82) is 0 Å². The molecule has 11 rings (SSSR count). The zero-order chi connectivity index (χ0) is 16.3. The number of ketones is 1. The molecule has 0 bridgehead atoms. The van der Waals surface area contributed by atoms with E-state index >= 15 is 0 Å². The van der Waals surface area contributed by atoms with Crippen LogP contribution in [0, 0.1) is 11.8 Å². The van der Waals surface area contributed by atoms with Crippen molar-refractivity contribution in [3.8, 4) is 17.6 Å². The Morgan fingerprint density at radius 1 is 1.16 bits per heavy atom. The molecule has 10 heterocycles. The molecule has 25 heavy (non-hydrogen) atoms. The van der Waals surface area contributed by atoms with Crippen molar-refractivity contribution in [2.45, 2.75) is 54.3 Å². The standard InChI is InChI=1S/C16H13O3.C5H5.Fe/c1-2-19-16-9-5-7-13(16)15(18)11-10-12-6-3-4-8-14(12)17;1-2-4-5-3-1;/h3-9,17H,2H2,1H3;1-5H;. The Bertz CT molecular complexity index is 1470. The van der Waals surface area contributed by atoms with Gasteiger partial charge in [-0.1, -0.05) is 0 Å². The molecule has 0 amide bonds. The van der Waals surface area contributed by atoms with Gasteiger partial charge in [-0.05, 0) is 0 Å². The number of ether oxygens (including phenoxy) is 1. The second-order valence-electron chi connectivity index (χ2n) is 12.2. The summed E-state index contributed by atoms with van der Waals surface area (Å²) in [6, 6.07) is 7.09. The maximum absolute atomic E-state index is 13.7. The summed E-state index contributed by atoms with van der Waals surface area (Å²) in [7, 11) is 0. The van der Waals surface area contributed by atoms with Gasteiger partial charge in [0.25, 0.3) is 0 Å². The van der Waals surface area contributed by atoms with Gasteiger partial charge in [-0.25, -0.2) is 0 Å². The number of carbonyl (C=O) groups excluding carboxylic acids is 1. The second-order valence-corrected chi connectivity index (χ2v) is 35.4. The van der Waals surface area contributed by atoms with E-state index in [4.69, 9.17) is 4.74 Å². The average Bonchev–Trinajstić information content (AvgIpc) is 3.55. The third-order valence-corrected chi connectivity index (χ3v) is 58.9. The number of phenols is 1. The molecule has 10 aliphatic heterocycles. The Balaban J connectivity index is 1.23. The summed E-state index contributed by atoms with van der Waals surface area (Å²) in [4.78, 5) is 21.5. The molecule has 0 radical (unpaired) electrons. The van der Waals surface area contributed by atoms with Crippen LogP contribution < -0.4 is 0 Å². The Morgan fingerprint density at radius 2 is 1.84 bits per heavy atom. The summed E-state index contributed by atoms with van der Waals surface area (Å²) in [6.45, 7) is -0.904. The minimum atomic E-state index is -3.80. The van der Waals surface area contributed by atoms with E-state index in [2.05, 4.69) is 18.8 Å². The van der Waals surface area contributed by atoms with E-state index in [0.29, 0.717) is 5.56 Å². The fourth-order valence-electron chi connectivity index (χ4n) is 18.4. The molecule has 128 valence electrons. The molecule has 0 aliphatic carbocycles. The first-order valence-electron chi connectivity index (χ1n) is 9.60. The predicted octanol–water partition coefficient (Wildman–Crippen LogP) is 4.02. The van der Waals surface area contributed by atoms with Gasteiger partial charge in [0.1, 0.15) is 0 Å². The van der Waals surface area contributed by atoms with Crippen molar-refractivity contribution in [1.82, 2.24) is 0 Å². The van der Waals surface area contributed by atoms with Crippen LogP contribution in [0.25, 0.3) is 0 Å². The molecule has 1 aromatic carbocycles. The molecule has 1 N–H and O–H groups in total. The van der Waals surface area contributed by atoms with E-state index in [0.717, 1.165) is 45.1 Å². The van der Waals surface area contributed by atoms with Gasteiger partial charge in [-0.2, -0.15) is 0 Å². The van der Waals surface area contributed by atoms with E-state index in [1.165, 1.54) is 0 Å². The number of carbonyl (C=O) groups is 1. The molecule has 10 aliphatic rings. The Morgan fingerprint density at radius 3 is 2.40 bits per heavy atom. The van der Waals surface area contributed by atoms with Crippen LogP contribution >= 0.6 is 0 Å². The fraction of sp³-hybridized carbons (Fsp3) is 0.571. The van der Waals surface area contributed by atoms with Crippen LogP contribution in [-0.4, -0.2) is 22.0 Å². The molecule has 3 nitrogen and oxygen atoms in total. The fourth-order valence-corrected chi connectivity index (χ4v) is 92.5. The van der Waals surface area contributed by atoms with Crippen LogP contribution in [-0.2, 0) is 16.0 Å². The number of phenolic OH excluding ortho intramolecular Hbond substituents is 1. The SMILES string of the molecule is CCO[C]12[CH]3[CH]4[CH]5[C]1(C(=O)C#Cc1ccccc1O)[Fe]43521678[CH]2[CH]1[CH]6[CH]7[CH]28. The molecule has 0 saturated carbocycles. The van der Waals surface area contributed by atoms with Crippen molar-refractivity contribution in [2.24, 2.45) is 0 Å². The summed E-state index contributed by atoms with van der Waals surface area (Å²) in [5.74, 6) is 6.49. The second kappa shape index (κ2) is 1.15. The molecule has 5 unspecified atom stereocenters. The summed E-state index contributed by atoms with van der Waals surface area (Å²) in [5.41, 5.74) is 0.577. The Labute approximate surface area is 135 Å². The molecule has 0 aromatic heterocycles. The molecule has 4 heteroatoms. The molecule has 5 atom stereocenters. The molecular weight excluding hydrogens is 356 g/mol. The number of aromatic hydroxyl groups is 1. The van der Waals surface area contributed by atoms with E-state index in [1.54, 1.807) is 18.2 Å². The zero-order valence-corrected chi connectivity index (χ0v) is 14.9. The van der Waals surface area contributed by atoms with Gasteiger partial charge < -0.3 is 0 Å². The first-order valence-corrected chi connectivity index (χ1v) is 15.8. The third kappa shape index (κ3) is 0.154. The topological polar surface area (TPSA) is 46.5 Å². The monoisotopic (exact) mass is 374 g/mol. The van der Waals surface area contributed by atoms with Crippen LogP contribution in [0.5, 0.6) is 5.75 Å². The van der Waals surface area contributed by atoms with E-state index in [1.807, 2.05) is 6.07 Å². The van der Waals surface area contributed by atoms with Gasteiger partial charge in [-0.15, -0.1) is 0 Å². The Kier molecular flexibility index (Phi) is 0.494. The molecule has 1 aromatic rings. The Hall–Kier alpha value is -1.27. The number of para-hydroxylation sites is 1. The van der Waals surface area contributed by atoms with Crippen molar-refractivity contribution >= 4 is 5.78 Å². The van der Waals surface area contributed by atoms with Crippen LogP contribution in [0.15, 0.2) is 24.3 Å². The summed E-state index contributed by atoms with van der Waals surface area (Å²) in [5, 5.41) is 9.97. The van der Waals surface area contributed by atoms with Crippen LogP contribution in [0.1, 0.15) is 12.5 Å². The van der Waals surface area contributed by atoms with Crippen LogP contribution in [0.2, 0.25) is 42.8 Å². The van der Waals surface area contributed by atoms with Crippen LogP contribution in [0.4, 0.5) is 0 Å². The number of fused-ring (bicyclic) bond motifs is 10. The van der Waals surface area contributed by atoms with E-state index in [-0.39, 0.29) is 20.3 Å². The van der Waals surface area contributed by atoms with Crippen molar-refractivity contribution in [3.63, 3.8) is 0 Å². The normalized spacial score (nSPS) is 86.9. The number of hydrogen-bond acceptors (Lipinski definition) is 3. The first kappa shape index (κ1) is 10.8. The molecular formula is C21H18FeO3. The van der Waals surface area contributed by atoms with Gasteiger partial charge in [0.2, 0.25) is 0 Å². The van der Waals surface area contributed by atoms with Crippen molar-refractivity contribution in [2.75, 3.05) is 6.61 Å². The molecule has 10 saturated heterocycles. The predicted molar refractivity (Wildman–Crippen MR) is 87.0 cm³/mol. The number of benzene rings is 1. The summed E-state index contributed by atoms with van der Waals surface area (Å²) in [6.07, 6.45) is 0. The molecule has 10 fully saturated rings. The average molecular weight is 374 g/mol. The number of Topliss-reactive ketones (excluding diaryl/α,β-unsaturated/α-hetero) is 1. The van der Waals surface area contributed by atoms with Gasteiger partial charge in [0, 0.05) is 0 Å².